The number of fused-ring (bicyclic) bond motifs is 2. The molecule has 0 bridgehead atoms. The Balaban J connectivity index is 1.67. The zero-order valence-electron chi connectivity index (χ0n) is 15.4. The van der Waals surface area contributed by atoms with Gasteiger partial charge in [0.2, 0.25) is 5.91 Å². The van der Waals surface area contributed by atoms with E-state index in [9.17, 15) is 9.59 Å². The van der Waals surface area contributed by atoms with Crippen molar-refractivity contribution in [2.75, 3.05) is 11.9 Å². The minimum atomic E-state index is -0.813. The number of nitrogens with zero attached hydrogens (tertiary/aromatic N) is 2. The Hall–Kier alpha value is -3.41. The lowest BCUT2D eigenvalue weighted by Gasteiger charge is -2.34. The molecule has 6 heteroatoms. The van der Waals surface area contributed by atoms with Crippen LogP contribution in [0.1, 0.15) is 39.8 Å². The maximum absolute atomic E-state index is 13.3. The second-order valence-electron chi connectivity index (χ2n) is 7.36. The number of hydrogen-bond donors (Lipinski definition) is 1. The van der Waals surface area contributed by atoms with Gasteiger partial charge < -0.3 is 14.7 Å². The van der Waals surface area contributed by atoms with Crippen LogP contribution in [0.2, 0.25) is 0 Å². The quantitative estimate of drug-likeness (QED) is 0.746. The SMILES string of the molecule is Cc1cc(C(=O)N2CC[C@]3(C(=O)Nc4ccccc43)[C@@H]2c2ccccc2)no1. The van der Waals surface area contributed by atoms with E-state index in [-0.39, 0.29) is 17.5 Å². The van der Waals surface area contributed by atoms with Gasteiger partial charge in [0.15, 0.2) is 5.69 Å². The molecule has 1 saturated heterocycles. The van der Waals surface area contributed by atoms with Gasteiger partial charge >= 0.3 is 0 Å². The molecule has 1 fully saturated rings. The summed E-state index contributed by atoms with van der Waals surface area (Å²) in [7, 11) is 0. The summed E-state index contributed by atoms with van der Waals surface area (Å²) in [4.78, 5) is 28.3. The van der Waals surface area contributed by atoms with Gasteiger partial charge in [0.05, 0.1) is 6.04 Å². The molecule has 2 aliphatic heterocycles. The summed E-state index contributed by atoms with van der Waals surface area (Å²) in [5.41, 5.74) is 2.15. The van der Waals surface area contributed by atoms with Crippen LogP contribution in [0, 0.1) is 6.92 Å². The summed E-state index contributed by atoms with van der Waals surface area (Å²) < 4.78 is 5.10. The van der Waals surface area contributed by atoms with Crippen molar-refractivity contribution in [1.82, 2.24) is 10.1 Å². The van der Waals surface area contributed by atoms with Gasteiger partial charge in [-0.15, -0.1) is 0 Å². The standard InChI is InChI=1S/C22H19N3O3/c1-14-13-18(24-28-14)20(26)25-12-11-22(19(25)15-7-3-2-4-8-15)16-9-5-6-10-17(16)23-21(22)27/h2-10,13,19H,11-12H2,1H3,(H,23,27)/t19-,22+/m0/s1. The van der Waals surface area contributed by atoms with Crippen molar-refractivity contribution in [3.05, 3.63) is 83.2 Å². The summed E-state index contributed by atoms with van der Waals surface area (Å²) in [6.07, 6.45) is 0.554. The lowest BCUT2D eigenvalue weighted by molar-refractivity contribution is -0.121. The number of rotatable bonds is 2. The van der Waals surface area contributed by atoms with E-state index >= 15 is 0 Å². The van der Waals surface area contributed by atoms with Crippen LogP contribution in [0.15, 0.2) is 65.2 Å². The van der Waals surface area contributed by atoms with E-state index < -0.39 is 11.5 Å². The molecule has 2 amide bonds. The molecule has 1 N–H and O–H groups in total. The molecule has 0 radical (unpaired) electrons. The number of likely N-dealkylation sites (tertiary alicyclic amines) is 1. The molecule has 1 aromatic heterocycles. The topological polar surface area (TPSA) is 75.4 Å². The van der Waals surface area contributed by atoms with Crippen LogP contribution in [-0.2, 0) is 10.2 Å². The smallest absolute Gasteiger partial charge is 0.276 e. The predicted molar refractivity (Wildman–Crippen MR) is 103 cm³/mol. The minimum absolute atomic E-state index is 0.0609. The summed E-state index contributed by atoms with van der Waals surface area (Å²) in [5, 5.41) is 6.92. The minimum Gasteiger partial charge on any atom is -0.361 e. The lowest BCUT2D eigenvalue weighted by atomic mass is 9.72. The molecule has 2 atom stereocenters. The highest BCUT2D eigenvalue weighted by Crippen LogP contribution is 2.54. The average molecular weight is 373 g/mol. The number of carbonyl (C=O) groups excluding carboxylic acids is 2. The zero-order chi connectivity index (χ0) is 19.3. The van der Waals surface area contributed by atoms with Crippen LogP contribution < -0.4 is 5.32 Å². The first-order valence-electron chi connectivity index (χ1n) is 9.31. The largest absolute Gasteiger partial charge is 0.361 e. The lowest BCUT2D eigenvalue weighted by Crippen LogP contribution is -2.42. The van der Waals surface area contributed by atoms with E-state index in [0.717, 1.165) is 16.8 Å². The Kier molecular flexibility index (Phi) is 3.62. The highest BCUT2D eigenvalue weighted by Gasteiger charge is 2.59. The van der Waals surface area contributed by atoms with Gasteiger partial charge in [-0.25, -0.2) is 0 Å². The highest BCUT2D eigenvalue weighted by molar-refractivity contribution is 6.08. The Morgan fingerprint density at radius 3 is 2.68 bits per heavy atom. The molecule has 3 heterocycles. The molecule has 0 unspecified atom stereocenters. The molecule has 3 aromatic rings. The molecule has 140 valence electrons. The fourth-order valence-electron chi connectivity index (χ4n) is 4.62. The predicted octanol–water partition coefficient (Wildman–Crippen LogP) is 3.46. The molecular weight excluding hydrogens is 354 g/mol. The third-order valence-electron chi connectivity index (χ3n) is 5.81. The van der Waals surface area contributed by atoms with Gasteiger partial charge in [0.25, 0.3) is 5.91 Å². The molecular formula is C22H19N3O3. The molecule has 0 aliphatic carbocycles. The molecule has 6 nitrogen and oxygen atoms in total. The number of benzene rings is 2. The molecule has 2 aromatic carbocycles. The van der Waals surface area contributed by atoms with Gasteiger partial charge in [-0.2, -0.15) is 0 Å². The van der Waals surface area contributed by atoms with Gasteiger partial charge in [0.1, 0.15) is 11.2 Å². The third-order valence-corrected chi connectivity index (χ3v) is 5.81. The second-order valence-corrected chi connectivity index (χ2v) is 7.36. The maximum Gasteiger partial charge on any atom is 0.276 e. The number of nitrogens with one attached hydrogen (secondary N) is 1. The van der Waals surface area contributed by atoms with Crippen LogP contribution in [0.4, 0.5) is 5.69 Å². The number of carbonyl (C=O) groups is 2. The normalized spacial score (nSPS) is 23.1. The van der Waals surface area contributed by atoms with Crippen LogP contribution >= 0.6 is 0 Å². The molecule has 2 aliphatic rings. The molecule has 1 spiro atoms. The highest BCUT2D eigenvalue weighted by atomic mass is 16.5. The Bertz CT molecular complexity index is 1080. The van der Waals surface area contributed by atoms with Crippen molar-refractivity contribution < 1.29 is 14.1 Å². The van der Waals surface area contributed by atoms with Gasteiger partial charge in [-0.3, -0.25) is 9.59 Å². The van der Waals surface area contributed by atoms with Crippen molar-refractivity contribution in [2.24, 2.45) is 0 Å². The number of anilines is 1. The zero-order valence-corrected chi connectivity index (χ0v) is 15.4. The van der Waals surface area contributed by atoms with Gasteiger partial charge in [-0.05, 0) is 30.5 Å². The van der Waals surface area contributed by atoms with Gasteiger partial charge in [0, 0.05) is 18.3 Å². The summed E-state index contributed by atoms with van der Waals surface area (Å²) in [6.45, 7) is 2.22. The summed E-state index contributed by atoms with van der Waals surface area (Å²) in [6, 6.07) is 18.7. The first kappa shape index (κ1) is 16.7. The average Bonchev–Trinajstić information content (AvgIpc) is 3.40. The van der Waals surface area contributed by atoms with Crippen LogP contribution in [0.5, 0.6) is 0 Å². The first-order valence-corrected chi connectivity index (χ1v) is 9.31. The monoisotopic (exact) mass is 373 g/mol. The van der Waals surface area contributed by atoms with Gasteiger partial charge in [-0.1, -0.05) is 53.7 Å². The van der Waals surface area contributed by atoms with Crippen LogP contribution in [-0.4, -0.2) is 28.4 Å². The van der Waals surface area contributed by atoms with E-state index in [1.165, 1.54) is 0 Å². The summed E-state index contributed by atoms with van der Waals surface area (Å²) >= 11 is 0. The van der Waals surface area contributed by atoms with Crippen LogP contribution in [0.25, 0.3) is 0 Å². The van der Waals surface area contributed by atoms with Crippen molar-refractivity contribution in [2.45, 2.75) is 24.8 Å². The fraction of sp³-hybridized carbons (Fsp3) is 0.227. The summed E-state index contributed by atoms with van der Waals surface area (Å²) in [5.74, 6) is 0.298. The number of amides is 2. The second kappa shape index (κ2) is 6.05. The van der Waals surface area contributed by atoms with Crippen molar-refractivity contribution in [3.8, 4) is 0 Å². The van der Waals surface area contributed by atoms with Crippen molar-refractivity contribution in [1.29, 1.82) is 0 Å². The van der Waals surface area contributed by atoms with E-state index in [4.69, 9.17) is 4.52 Å². The number of aromatic nitrogens is 1. The maximum atomic E-state index is 13.3. The number of para-hydroxylation sites is 1. The van der Waals surface area contributed by atoms with Crippen molar-refractivity contribution >= 4 is 17.5 Å². The van der Waals surface area contributed by atoms with E-state index in [1.807, 2.05) is 54.6 Å². The van der Waals surface area contributed by atoms with E-state index in [2.05, 4.69) is 10.5 Å². The van der Waals surface area contributed by atoms with E-state index in [0.29, 0.717) is 18.7 Å². The van der Waals surface area contributed by atoms with E-state index in [1.54, 1.807) is 17.9 Å². The van der Waals surface area contributed by atoms with Crippen LogP contribution in [0.3, 0.4) is 0 Å². The molecule has 28 heavy (non-hydrogen) atoms. The Labute approximate surface area is 162 Å². The Morgan fingerprint density at radius 1 is 1.18 bits per heavy atom. The fourth-order valence-corrected chi connectivity index (χ4v) is 4.62. The third kappa shape index (κ3) is 2.24. The number of aryl methyl sites for hydroxylation is 1. The Morgan fingerprint density at radius 2 is 1.93 bits per heavy atom. The first-order chi connectivity index (χ1) is 13.6. The molecule has 5 rings (SSSR count). The number of hydrogen-bond acceptors (Lipinski definition) is 4. The molecule has 0 saturated carbocycles. The van der Waals surface area contributed by atoms with Crippen molar-refractivity contribution in [3.63, 3.8) is 0 Å².